The number of aromatic nitrogens is 2. The van der Waals surface area contributed by atoms with Crippen LogP contribution in [0.5, 0.6) is 11.5 Å². The van der Waals surface area contributed by atoms with Crippen LogP contribution >= 0.6 is 0 Å². The van der Waals surface area contributed by atoms with Gasteiger partial charge in [-0.3, -0.25) is 0 Å². The lowest BCUT2D eigenvalue weighted by Crippen LogP contribution is -2.60. The van der Waals surface area contributed by atoms with E-state index in [0.29, 0.717) is 17.7 Å². The molecule has 226 valence electrons. The van der Waals surface area contributed by atoms with Gasteiger partial charge in [0, 0.05) is 12.0 Å². The molecule has 1 heterocycles. The number of rotatable bonds is 17. The molecule has 1 aromatic carbocycles. The first-order valence-electron chi connectivity index (χ1n) is 12.6. The molecule has 0 aliphatic heterocycles. The molecule has 2 rings (SSSR count). The second-order valence-electron chi connectivity index (χ2n) is 9.18. The van der Waals surface area contributed by atoms with Crippen LogP contribution in [0.2, 0.25) is 0 Å². The molecule has 2 aromatic rings. The summed E-state index contributed by atoms with van der Waals surface area (Å²) in [5.74, 6) is -18.3. The maximum atomic E-state index is 13.9. The number of nitrogens with zero attached hydrogens (tertiary/aromatic N) is 2. The van der Waals surface area contributed by atoms with Gasteiger partial charge in [-0.2, -0.15) is 39.5 Å². The van der Waals surface area contributed by atoms with Gasteiger partial charge in [0.1, 0.15) is 18.5 Å². The van der Waals surface area contributed by atoms with Crippen molar-refractivity contribution in [1.82, 2.24) is 9.97 Å². The minimum absolute atomic E-state index is 0.0614. The summed E-state index contributed by atoms with van der Waals surface area (Å²) in [7, 11) is 0. The van der Waals surface area contributed by atoms with Gasteiger partial charge < -0.3 is 9.47 Å². The molecule has 0 saturated heterocycles. The summed E-state index contributed by atoms with van der Waals surface area (Å²) < 4.78 is 140. The Morgan fingerprint density at radius 2 is 1.35 bits per heavy atom. The Bertz CT molecular complexity index is 1020. The van der Waals surface area contributed by atoms with Crippen molar-refractivity contribution >= 4 is 0 Å². The summed E-state index contributed by atoms with van der Waals surface area (Å²) in [6.07, 6.45) is -4.13. The Labute approximate surface area is 225 Å². The molecule has 40 heavy (non-hydrogen) atoms. The van der Waals surface area contributed by atoms with Crippen LogP contribution in [-0.4, -0.2) is 53.3 Å². The quantitative estimate of drug-likeness (QED) is 0.136. The van der Waals surface area contributed by atoms with Gasteiger partial charge in [-0.1, -0.05) is 32.6 Å². The number of hydrogen-bond donors (Lipinski definition) is 0. The van der Waals surface area contributed by atoms with Gasteiger partial charge in [0.15, 0.2) is 11.6 Å². The number of ether oxygens (including phenoxy) is 2. The number of alkyl halides is 10. The van der Waals surface area contributed by atoms with Crippen LogP contribution in [0.4, 0.5) is 43.9 Å². The molecule has 0 aliphatic carbocycles. The highest BCUT2D eigenvalue weighted by Gasteiger charge is 2.81. The fraction of sp³-hybridized carbons (Fsp3) is 0.615. The van der Waals surface area contributed by atoms with E-state index in [1.807, 2.05) is 0 Å². The monoisotopic (exact) mass is 592 g/mol. The number of benzene rings is 1. The van der Waals surface area contributed by atoms with Crippen LogP contribution < -0.4 is 9.47 Å². The zero-order chi connectivity index (χ0) is 30.0. The Morgan fingerprint density at radius 1 is 0.725 bits per heavy atom. The summed E-state index contributed by atoms with van der Waals surface area (Å²) in [5, 5.41) is 0. The molecule has 14 heteroatoms. The molecule has 0 fully saturated rings. The Kier molecular flexibility index (Phi) is 11.9. The molecule has 4 nitrogen and oxygen atoms in total. The predicted octanol–water partition coefficient (Wildman–Crippen LogP) is 8.85. The fourth-order valence-electron chi connectivity index (χ4n) is 3.51. The largest absolute Gasteiger partial charge is 0.491 e. The number of halogens is 10. The van der Waals surface area contributed by atoms with Crippen molar-refractivity contribution in [2.75, 3.05) is 13.2 Å². The van der Waals surface area contributed by atoms with Crippen LogP contribution in [0.25, 0.3) is 11.4 Å². The summed E-state index contributed by atoms with van der Waals surface area (Å²) in [4.78, 5) is 8.15. The van der Waals surface area contributed by atoms with E-state index in [9.17, 15) is 43.9 Å². The predicted molar refractivity (Wildman–Crippen MR) is 127 cm³/mol. The second-order valence-corrected chi connectivity index (χ2v) is 9.18. The SMILES string of the molecule is CCCCCCC(F)COc1ccc(-c2ncc(OCCCCC(F)(F)C(F)(F)C(F)(F)C(F)(F)F)cn2)cc1. The van der Waals surface area contributed by atoms with E-state index in [1.54, 1.807) is 24.3 Å². The van der Waals surface area contributed by atoms with E-state index < -0.39 is 43.0 Å². The van der Waals surface area contributed by atoms with Crippen molar-refractivity contribution in [2.24, 2.45) is 0 Å². The maximum Gasteiger partial charge on any atom is 0.460 e. The van der Waals surface area contributed by atoms with Gasteiger partial charge in [-0.15, -0.1) is 0 Å². The standard InChI is InChI=1S/C26H30F10N2O2/c1-2-3-4-5-8-19(27)17-40-20-11-9-18(10-12-20)22-37-15-21(16-38-22)39-14-7-6-13-23(28,29)24(30,31)25(32,33)26(34,35)36/h9-12,15-16,19H,2-8,13-14,17H2,1H3. The average Bonchev–Trinajstić information content (AvgIpc) is 2.89. The molecule has 0 spiro atoms. The van der Waals surface area contributed by atoms with Crippen LogP contribution in [0.3, 0.4) is 0 Å². The Hall–Kier alpha value is -2.80. The third kappa shape index (κ3) is 8.85. The van der Waals surface area contributed by atoms with Gasteiger partial charge in [0.2, 0.25) is 0 Å². The van der Waals surface area contributed by atoms with Crippen LogP contribution in [-0.2, 0) is 0 Å². The Balaban J connectivity index is 1.78. The van der Waals surface area contributed by atoms with Crippen LogP contribution in [0.1, 0.15) is 58.3 Å². The van der Waals surface area contributed by atoms with E-state index in [-0.39, 0.29) is 31.2 Å². The van der Waals surface area contributed by atoms with E-state index >= 15 is 0 Å². The van der Waals surface area contributed by atoms with Gasteiger partial charge in [-0.05, 0) is 43.5 Å². The molecule has 0 radical (unpaired) electrons. The highest BCUT2D eigenvalue weighted by atomic mass is 19.4. The number of unbranched alkanes of at least 4 members (excludes halogenated alkanes) is 4. The second kappa shape index (κ2) is 14.2. The van der Waals surface area contributed by atoms with Crippen molar-refractivity contribution in [2.45, 2.75) is 88.4 Å². The summed E-state index contributed by atoms with van der Waals surface area (Å²) >= 11 is 0. The first-order valence-corrected chi connectivity index (χ1v) is 12.6. The molecule has 0 amide bonds. The minimum Gasteiger partial charge on any atom is -0.491 e. The van der Waals surface area contributed by atoms with Gasteiger partial charge in [-0.25, -0.2) is 14.4 Å². The zero-order valence-corrected chi connectivity index (χ0v) is 21.6. The van der Waals surface area contributed by atoms with Crippen molar-refractivity contribution in [3.63, 3.8) is 0 Å². The van der Waals surface area contributed by atoms with Crippen LogP contribution in [0.15, 0.2) is 36.7 Å². The summed E-state index contributed by atoms with van der Waals surface area (Å²) in [6, 6.07) is 6.55. The molecule has 0 saturated carbocycles. The molecule has 0 N–H and O–H groups in total. The molecule has 0 bridgehead atoms. The van der Waals surface area contributed by atoms with E-state index in [2.05, 4.69) is 16.9 Å². The molecule has 1 atom stereocenters. The van der Waals surface area contributed by atoms with Crippen molar-refractivity contribution in [1.29, 1.82) is 0 Å². The van der Waals surface area contributed by atoms with E-state index in [0.717, 1.165) is 25.7 Å². The van der Waals surface area contributed by atoms with Crippen molar-refractivity contribution in [3.8, 4) is 22.9 Å². The van der Waals surface area contributed by atoms with E-state index in [1.165, 1.54) is 12.4 Å². The Morgan fingerprint density at radius 3 is 1.93 bits per heavy atom. The van der Waals surface area contributed by atoms with Crippen molar-refractivity contribution in [3.05, 3.63) is 36.7 Å². The minimum atomic E-state index is -6.89. The average molecular weight is 593 g/mol. The van der Waals surface area contributed by atoms with Gasteiger partial charge in [0.25, 0.3) is 0 Å². The fourth-order valence-corrected chi connectivity index (χ4v) is 3.51. The third-order valence-corrected chi connectivity index (χ3v) is 5.91. The molecular weight excluding hydrogens is 562 g/mol. The highest BCUT2D eigenvalue weighted by molar-refractivity contribution is 5.56. The number of hydrogen-bond acceptors (Lipinski definition) is 4. The molecule has 0 aliphatic rings. The summed E-state index contributed by atoms with van der Waals surface area (Å²) in [5.41, 5.74) is 0.592. The lowest BCUT2D eigenvalue weighted by molar-refractivity contribution is -0.396. The molecular formula is C26H30F10N2O2. The highest BCUT2D eigenvalue weighted by Crippen LogP contribution is 2.54. The van der Waals surface area contributed by atoms with Crippen molar-refractivity contribution < 1.29 is 53.4 Å². The zero-order valence-electron chi connectivity index (χ0n) is 21.6. The maximum absolute atomic E-state index is 13.9. The first-order chi connectivity index (χ1) is 18.6. The van der Waals surface area contributed by atoms with Gasteiger partial charge >= 0.3 is 23.9 Å². The molecule has 1 aromatic heterocycles. The molecule has 1 unspecified atom stereocenters. The summed E-state index contributed by atoms with van der Waals surface area (Å²) in [6.45, 7) is 1.68. The topological polar surface area (TPSA) is 44.2 Å². The smallest absolute Gasteiger partial charge is 0.460 e. The van der Waals surface area contributed by atoms with E-state index in [4.69, 9.17) is 9.47 Å². The third-order valence-electron chi connectivity index (χ3n) is 5.91. The van der Waals surface area contributed by atoms with Gasteiger partial charge in [0.05, 0.1) is 19.0 Å². The lowest BCUT2D eigenvalue weighted by atomic mass is 9.99. The normalized spacial score (nSPS) is 13.8. The first kappa shape index (κ1) is 33.4. The van der Waals surface area contributed by atoms with Crippen LogP contribution in [0, 0.1) is 0 Å². The lowest BCUT2D eigenvalue weighted by Gasteiger charge is -2.33.